The molecule has 1 heterocycles. The van der Waals surface area contributed by atoms with Crippen molar-refractivity contribution in [2.75, 3.05) is 11.9 Å². The average Bonchev–Trinajstić information content (AvgIpc) is 2.83. The number of anilines is 1. The van der Waals surface area contributed by atoms with E-state index in [-0.39, 0.29) is 0 Å². The highest BCUT2D eigenvalue weighted by Gasteiger charge is 2.10. The molecule has 0 amide bonds. The molecule has 3 nitrogen and oxygen atoms in total. The highest BCUT2D eigenvalue weighted by Crippen LogP contribution is 2.36. The molecule has 6 heteroatoms. The summed E-state index contributed by atoms with van der Waals surface area (Å²) in [4.78, 5) is 4.22. The first kappa shape index (κ1) is 13.6. The highest BCUT2D eigenvalue weighted by atomic mass is 79.9. The van der Waals surface area contributed by atoms with Gasteiger partial charge >= 0.3 is 0 Å². The first-order valence-electron chi connectivity index (χ1n) is 5.43. The van der Waals surface area contributed by atoms with Crippen LogP contribution in [0.5, 0.6) is 5.75 Å². The fourth-order valence-corrected chi connectivity index (χ4v) is 2.98. The van der Waals surface area contributed by atoms with Gasteiger partial charge < -0.3 is 10.1 Å². The van der Waals surface area contributed by atoms with E-state index in [9.17, 15) is 0 Å². The smallest absolute Gasteiger partial charge is 0.156 e. The van der Waals surface area contributed by atoms with E-state index in [1.165, 1.54) is 0 Å². The summed E-state index contributed by atoms with van der Waals surface area (Å²) in [5.74, 6) is 0.775. The van der Waals surface area contributed by atoms with Crippen LogP contribution in [0.1, 0.15) is 12.6 Å². The number of hydrogen-bond acceptors (Lipinski definition) is 4. The van der Waals surface area contributed by atoms with Crippen LogP contribution in [0.2, 0.25) is 5.02 Å². The van der Waals surface area contributed by atoms with Gasteiger partial charge in [0, 0.05) is 10.4 Å². The maximum Gasteiger partial charge on any atom is 0.156 e. The van der Waals surface area contributed by atoms with Crippen LogP contribution in [0, 0.1) is 0 Å². The van der Waals surface area contributed by atoms with E-state index in [1.807, 2.05) is 29.9 Å². The first-order valence-corrected chi connectivity index (χ1v) is 7.55. The minimum Gasteiger partial charge on any atom is -0.491 e. The third-order valence-electron chi connectivity index (χ3n) is 2.24. The van der Waals surface area contributed by atoms with Gasteiger partial charge in [-0.2, -0.15) is 0 Å². The van der Waals surface area contributed by atoms with Crippen LogP contribution in [-0.4, -0.2) is 11.6 Å². The zero-order valence-electron chi connectivity index (χ0n) is 9.74. The Bertz CT molecular complexity index is 519. The Morgan fingerprint density at radius 3 is 3.00 bits per heavy atom. The molecule has 0 fully saturated rings. The molecule has 0 radical (unpaired) electrons. The van der Waals surface area contributed by atoms with Crippen molar-refractivity contribution < 1.29 is 4.74 Å². The number of ether oxygens (including phenoxy) is 1. The standard InChI is InChI=1S/C12H12BrClN2OS/c1-2-17-12-10(13)3-8(14)4-11(12)15-5-9-6-18-7-16-9/h3-4,6-7,15H,2,5H2,1H3. The largest absolute Gasteiger partial charge is 0.491 e. The maximum atomic E-state index is 6.04. The fraction of sp³-hybridized carbons (Fsp3) is 0.250. The monoisotopic (exact) mass is 346 g/mol. The molecule has 18 heavy (non-hydrogen) atoms. The van der Waals surface area contributed by atoms with Crippen LogP contribution in [0.3, 0.4) is 0 Å². The lowest BCUT2D eigenvalue weighted by Gasteiger charge is -2.14. The van der Waals surface area contributed by atoms with E-state index in [1.54, 1.807) is 11.3 Å². The van der Waals surface area contributed by atoms with Crippen LogP contribution in [0.25, 0.3) is 0 Å². The summed E-state index contributed by atoms with van der Waals surface area (Å²) < 4.78 is 6.45. The number of thiazole rings is 1. The predicted octanol–water partition coefficient (Wildman–Crippen LogP) is 4.57. The summed E-state index contributed by atoms with van der Waals surface area (Å²) in [6.07, 6.45) is 0. The average molecular weight is 348 g/mol. The van der Waals surface area contributed by atoms with Crippen molar-refractivity contribution in [1.82, 2.24) is 4.98 Å². The molecular weight excluding hydrogens is 336 g/mol. The fourth-order valence-electron chi connectivity index (χ4n) is 1.49. The molecule has 2 rings (SSSR count). The van der Waals surface area contributed by atoms with Gasteiger partial charge in [0.15, 0.2) is 5.75 Å². The molecular formula is C12H12BrClN2OS. The van der Waals surface area contributed by atoms with Gasteiger partial charge in [0.05, 0.1) is 34.5 Å². The summed E-state index contributed by atoms with van der Waals surface area (Å²) in [7, 11) is 0. The molecule has 0 unspecified atom stereocenters. The number of aromatic nitrogens is 1. The number of benzene rings is 1. The van der Waals surface area contributed by atoms with Gasteiger partial charge in [-0.05, 0) is 35.0 Å². The second-order valence-electron chi connectivity index (χ2n) is 3.53. The number of halogens is 2. The molecule has 0 aliphatic heterocycles. The SMILES string of the molecule is CCOc1c(Br)cc(Cl)cc1NCc1cscn1. The summed E-state index contributed by atoms with van der Waals surface area (Å²) in [6, 6.07) is 3.67. The third-order valence-corrected chi connectivity index (χ3v) is 3.68. The molecule has 1 N–H and O–H groups in total. The zero-order valence-corrected chi connectivity index (χ0v) is 12.9. The van der Waals surface area contributed by atoms with E-state index in [4.69, 9.17) is 16.3 Å². The van der Waals surface area contributed by atoms with Crippen LogP contribution < -0.4 is 10.1 Å². The molecule has 2 aromatic rings. The molecule has 0 bridgehead atoms. The van der Waals surface area contributed by atoms with Crippen molar-refractivity contribution in [3.63, 3.8) is 0 Å². The summed E-state index contributed by atoms with van der Waals surface area (Å²) in [6.45, 7) is 3.20. The second-order valence-corrected chi connectivity index (χ2v) is 5.54. The first-order chi connectivity index (χ1) is 8.70. The Morgan fingerprint density at radius 1 is 1.50 bits per heavy atom. The van der Waals surface area contributed by atoms with Crippen LogP contribution >= 0.6 is 38.9 Å². The Balaban J connectivity index is 2.19. The zero-order chi connectivity index (χ0) is 13.0. The van der Waals surface area contributed by atoms with Crippen molar-refractivity contribution >= 4 is 44.6 Å². The summed E-state index contributed by atoms with van der Waals surface area (Å²) >= 11 is 11.1. The minimum absolute atomic E-state index is 0.603. The molecule has 0 aliphatic rings. The highest BCUT2D eigenvalue weighted by molar-refractivity contribution is 9.10. The van der Waals surface area contributed by atoms with Gasteiger partial charge in [-0.3, -0.25) is 0 Å². The molecule has 0 aliphatic carbocycles. The number of nitrogens with one attached hydrogen (secondary N) is 1. The van der Waals surface area contributed by atoms with E-state index in [0.717, 1.165) is 21.6 Å². The lowest BCUT2D eigenvalue weighted by molar-refractivity contribution is 0.339. The number of hydrogen-bond donors (Lipinski definition) is 1. The van der Waals surface area contributed by atoms with Crippen molar-refractivity contribution in [2.24, 2.45) is 0 Å². The van der Waals surface area contributed by atoms with Gasteiger partial charge in [-0.1, -0.05) is 11.6 Å². The van der Waals surface area contributed by atoms with E-state index >= 15 is 0 Å². The Hall–Kier alpha value is -0.780. The molecule has 0 saturated heterocycles. The minimum atomic E-state index is 0.603. The van der Waals surface area contributed by atoms with Crippen LogP contribution in [-0.2, 0) is 6.54 Å². The maximum absolute atomic E-state index is 6.04. The molecule has 0 spiro atoms. The van der Waals surface area contributed by atoms with Gasteiger partial charge in [0.2, 0.25) is 0 Å². The molecule has 1 aromatic heterocycles. The molecule has 96 valence electrons. The van der Waals surface area contributed by atoms with E-state index in [2.05, 4.69) is 26.2 Å². The van der Waals surface area contributed by atoms with Crippen molar-refractivity contribution in [1.29, 1.82) is 0 Å². The lowest BCUT2D eigenvalue weighted by atomic mass is 10.3. The summed E-state index contributed by atoms with van der Waals surface area (Å²) in [5.41, 5.74) is 3.68. The van der Waals surface area contributed by atoms with Gasteiger partial charge in [-0.25, -0.2) is 4.98 Å². The van der Waals surface area contributed by atoms with Crippen LogP contribution in [0.15, 0.2) is 27.5 Å². The van der Waals surface area contributed by atoms with Crippen molar-refractivity contribution in [3.8, 4) is 5.75 Å². The van der Waals surface area contributed by atoms with Gasteiger partial charge in [-0.15, -0.1) is 11.3 Å². The quantitative estimate of drug-likeness (QED) is 0.860. The lowest BCUT2D eigenvalue weighted by Crippen LogP contribution is -2.03. The van der Waals surface area contributed by atoms with Gasteiger partial charge in [0.1, 0.15) is 0 Å². The van der Waals surface area contributed by atoms with Crippen molar-refractivity contribution in [2.45, 2.75) is 13.5 Å². The molecule has 1 aromatic carbocycles. The normalized spacial score (nSPS) is 10.4. The number of rotatable bonds is 5. The Morgan fingerprint density at radius 2 is 2.33 bits per heavy atom. The third kappa shape index (κ3) is 3.37. The molecule has 0 saturated carbocycles. The Kier molecular flexibility index (Phi) is 4.86. The summed E-state index contributed by atoms with van der Waals surface area (Å²) in [5, 5.41) is 5.95. The van der Waals surface area contributed by atoms with E-state index in [0.29, 0.717) is 18.2 Å². The predicted molar refractivity (Wildman–Crippen MR) is 79.8 cm³/mol. The van der Waals surface area contributed by atoms with E-state index < -0.39 is 0 Å². The second kappa shape index (κ2) is 6.41. The van der Waals surface area contributed by atoms with Gasteiger partial charge in [0.25, 0.3) is 0 Å². The number of nitrogens with zero attached hydrogens (tertiary/aromatic N) is 1. The topological polar surface area (TPSA) is 34.1 Å². The van der Waals surface area contributed by atoms with Crippen LogP contribution in [0.4, 0.5) is 5.69 Å². The molecule has 0 atom stereocenters. The Labute approximate surface area is 123 Å². The van der Waals surface area contributed by atoms with Crippen molar-refractivity contribution in [3.05, 3.63) is 38.2 Å².